The number of hydrogen-bond donors (Lipinski definition) is 1. The van der Waals surface area contributed by atoms with Gasteiger partial charge in [-0.1, -0.05) is 13.0 Å². The number of piperidine rings is 1. The largest absolute Gasteiger partial charge is 0.491 e. The maximum absolute atomic E-state index is 10.2. The van der Waals surface area contributed by atoms with E-state index in [9.17, 15) is 5.11 Å². The highest BCUT2D eigenvalue weighted by molar-refractivity contribution is 5.38. The zero-order chi connectivity index (χ0) is 14.7. The lowest BCUT2D eigenvalue weighted by Gasteiger charge is -2.31. The zero-order valence-corrected chi connectivity index (χ0v) is 13.1. The average molecular weight is 289 g/mol. The van der Waals surface area contributed by atoms with E-state index in [2.05, 4.69) is 24.0 Å². The highest BCUT2D eigenvalue weighted by Gasteiger charge is 2.19. The second kappa shape index (κ2) is 6.80. The molecule has 0 bridgehead atoms. The average Bonchev–Trinajstić information content (AvgIpc) is 2.95. The van der Waals surface area contributed by atoms with Gasteiger partial charge in [0.25, 0.3) is 0 Å². The summed E-state index contributed by atoms with van der Waals surface area (Å²) in [4.78, 5) is 2.36. The van der Waals surface area contributed by atoms with Crippen molar-refractivity contribution in [3.8, 4) is 5.75 Å². The van der Waals surface area contributed by atoms with Crippen LogP contribution in [0.4, 0.5) is 0 Å². The standard InChI is InChI=1S/C18H27NO2/c1-14-7-9-19(10-8-14)12-17(20)13-21-18-6-5-15-3-2-4-16(15)11-18/h5-6,11,14,17,20H,2-4,7-10,12-13H2,1H3. The number of aryl methyl sites for hydroxylation is 2. The van der Waals surface area contributed by atoms with Gasteiger partial charge in [-0.25, -0.2) is 0 Å². The van der Waals surface area contributed by atoms with Gasteiger partial charge in [-0.3, -0.25) is 0 Å². The molecule has 2 aliphatic rings. The van der Waals surface area contributed by atoms with Crippen molar-refractivity contribution in [1.82, 2.24) is 4.90 Å². The van der Waals surface area contributed by atoms with Crippen molar-refractivity contribution >= 4 is 0 Å². The SMILES string of the molecule is CC1CCN(CC(O)COc2ccc3c(c2)CCC3)CC1. The first-order chi connectivity index (χ1) is 10.2. The number of nitrogens with zero attached hydrogens (tertiary/aromatic N) is 1. The molecule has 1 aromatic rings. The fourth-order valence-corrected chi connectivity index (χ4v) is 3.43. The Kier molecular flexibility index (Phi) is 4.81. The molecule has 3 nitrogen and oxygen atoms in total. The summed E-state index contributed by atoms with van der Waals surface area (Å²) in [6.45, 7) is 5.65. The highest BCUT2D eigenvalue weighted by Crippen LogP contribution is 2.26. The maximum atomic E-state index is 10.2. The molecule has 1 N–H and O–H groups in total. The lowest BCUT2D eigenvalue weighted by molar-refractivity contribution is 0.0563. The smallest absolute Gasteiger partial charge is 0.119 e. The summed E-state index contributed by atoms with van der Waals surface area (Å²) in [6, 6.07) is 6.37. The Morgan fingerprint density at radius 2 is 2.00 bits per heavy atom. The summed E-state index contributed by atoms with van der Waals surface area (Å²) in [5.41, 5.74) is 2.89. The van der Waals surface area contributed by atoms with Crippen molar-refractivity contribution in [1.29, 1.82) is 0 Å². The first-order valence-corrected chi connectivity index (χ1v) is 8.36. The van der Waals surface area contributed by atoms with Crippen LogP contribution in [0.25, 0.3) is 0 Å². The van der Waals surface area contributed by atoms with Crippen LogP contribution in [0.5, 0.6) is 5.75 Å². The number of benzene rings is 1. The Morgan fingerprint density at radius 1 is 1.24 bits per heavy atom. The van der Waals surface area contributed by atoms with Crippen LogP contribution in [-0.2, 0) is 12.8 Å². The molecule has 1 saturated heterocycles. The van der Waals surface area contributed by atoms with Crippen LogP contribution in [-0.4, -0.2) is 42.4 Å². The Labute approximate surface area is 127 Å². The van der Waals surface area contributed by atoms with Gasteiger partial charge in [-0.15, -0.1) is 0 Å². The number of aliphatic hydroxyl groups excluding tert-OH is 1. The molecule has 1 aliphatic heterocycles. The third-order valence-corrected chi connectivity index (χ3v) is 4.86. The van der Waals surface area contributed by atoms with E-state index in [1.54, 1.807) is 0 Å². The quantitative estimate of drug-likeness (QED) is 0.904. The van der Waals surface area contributed by atoms with Gasteiger partial charge >= 0.3 is 0 Å². The number of rotatable bonds is 5. The van der Waals surface area contributed by atoms with Gasteiger partial charge in [0.05, 0.1) is 0 Å². The topological polar surface area (TPSA) is 32.7 Å². The van der Waals surface area contributed by atoms with E-state index in [1.165, 1.54) is 43.2 Å². The number of likely N-dealkylation sites (tertiary alicyclic amines) is 1. The molecule has 3 rings (SSSR count). The molecule has 1 unspecified atom stereocenters. The molecule has 0 amide bonds. The van der Waals surface area contributed by atoms with Crippen LogP contribution in [0.3, 0.4) is 0 Å². The third kappa shape index (κ3) is 3.98. The van der Waals surface area contributed by atoms with Gasteiger partial charge in [0.2, 0.25) is 0 Å². The second-order valence-corrected chi connectivity index (χ2v) is 6.73. The first-order valence-electron chi connectivity index (χ1n) is 8.36. The van der Waals surface area contributed by atoms with Crippen LogP contribution in [0, 0.1) is 5.92 Å². The number of aliphatic hydroxyl groups is 1. The molecule has 0 spiro atoms. The van der Waals surface area contributed by atoms with Gasteiger partial charge in [0.15, 0.2) is 0 Å². The summed E-state index contributed by atoms with van der Waals surface area (Å²) in [5, 5.41) is 10.2. The molecule has 1 atom stereocenters. The van der Waals surface area contributed by atoms with Crippen molar-refractivity contribution < 1.29 is 9.84 Å². The molecule has 0 saturated carbocycles. The van der Waals surface area contributed by atoms with Crippen molar-refractivity contribution in [2.24, 2.45) is 5.92 Å². The van der Waals surface area contributed by atoms with Gasteiger partial charge in [0, 0.05) is 6.54 Å². The van der Waals surface area contributed by atoms with E-state index < -0.39 is 6.10 Å². The molecular formula is C18H27NO2. The highest BCUT2D eigenvalue weighted by atomic mass is 16.5. The summed E-state index contributed by atoms with van der Waals surface area (Å²) in [7, 11) is 0. The second-order valence-electron chi connectivity index (χ2n) is 6.73. The van der Waals surface area contributed by atoms with Gasteiger partial charge < -0.3 is 14.7 Å². The van der Waals surface area contributed by atoms with E-state index in [0.717, 1.165) is 31.3 Å². The summed E-state index contributed by atoms with van der Waals surface area (Å²) >= 11 is 0. The summed E-state index contributed by atoms with van der Waals surface area (Å²) in [5.74, 6) is 1.74. The van der Waals surface area contributed by atoms with Crippen LogP contribution >= 0.6 is 0 Å². The van der Waals surface area contributed by atoms with Gasteiger partial charge in [-0.2, -0.15) is 0 Å². The predicted molar refractivity (Wildman–Crippen MR) is 84.8 cm³/mol. The molecule has 116 valence electrons. The van der Waals surface area contributed by atoms with E-state index >= 15 is 0 Å². The fraction of sp³-hybridized carbons (Fsp3) is 0.667. The number of hydrogen-bond acceptors (Lipinski definition) is 3. The molecule has 0 aromatic heterocycles. The zero-order valence-electron chi connectivity index (χ0n) is 13.1. The Balaban J connectivity index is 1.44. The van der Waals surface area contributed by atoms with Crippen molar-refractivity contribution in [3.63, 3.8) is 0 Å². The van der Waals surface area contributed by atoms with Gasteiger partial charge in [-0.05, 0) is 74.4 Å². The molecule has 1 aliphatic carbocycles. The predicted octanol–water partition coefficient (Wildman–Crippen LogP) is 2.65. The lowest BCUT2D eigenvalue weighted by Crippen LogP contribution is -2.40. The molecule has 1 heterocycles. The Hall–Kier alpha value is -1.06. The maximum Gasteiger partial charge on any atom is 0.119 e. The van der Waals surface area contributed by atoms with Crippen LogP contribution < -0.4 is 4.74 Å². The van der Waals surface area contributed by atoms with Crippen molar-refractivity contribution in [2.45, 2.75) is 45.1 Å². The van der Waals surface area contributed by atoms with Crippen LogP contribution in [0.15, 0.2) is 18.2 Å². The van der Waals surface area contributed by atoms with E-state index in [4.69, 9.17) is 4.74 Å². The number of β-amino-alcohol motifs (C(OH)–C–C–N with tert-alkyl or cyclic N) is 1. The Bertz CT molecular complexity index is 466. The Morgan fingerprint density at radius 3 is 2.81 bits per heavy atom. The normalized spacial score (nSPS) is 21.2. The molecule has 3 heteroatoms. The minimum atomic E-state index is -0.397. The minimum Gasteiger partial charge on any atom is -0.491 e. The van der Waals surface area contributed by atoms with Gasteiger partial charge in [0.1, 0.15) is 18.5 Å². The first kappa shape index (κ1) is 14.9. The van der Waals surface area contributed by atoms with E-state index in [1.807, 2.05) is 6.07 Å². The van der Waals surface area contributed by atoms with Crippen molar-refractivity contribution in [3.05, 3.63) is 29.3 Å². The van der Waals surface area contributed by atoms with Crippen LogP contribution in [0.2, 0.25) is 0 Å². The van der Waals surface area contributed by atoms with Crippen molar-refractivity contribution in [2.75, 3.05) is 26.2 Å². The fourth-order valence-electron chi connectivity index (χ4n) is 3.43. The monoisotopic (exact) mass is 289 g/mol. The number of fused-ring (bicyclic) bond motifs is 1. The minimum absolute atomic E-state index is 0.394. The molecule has 1 fully saturated rings. The van der Waals surface area contributed by atoms with E-state index in [0.29, 0.717) is 6.61 Å². The van der Waals surface area contributed by atoms with E-state index in [-0.39, 0.29) is 0 Å². The number of ether oxygens (including phenoxy) is 1. The van der Waals surface area contributed by atoms with Crippen LogP contribution in [0.1, 0.15) is 37.3 Å². The molecule has 1 aromatic carbocycles. The summed E-state index contributed by atoms with van der Waals surface area (Å²) < 4.78 is 5.78. The molecule has 0 radical (unpaired) electrons. The molecule has 21 heavy (non-hydrogen) atoms. The lowest BCUT2D eigenvalue weighted by atomic mass is 9.99. The summed E-state index contributed by atoms with van der Waals surface area (Å²) in [6.07, 6.45) is 5.73. The third-order valence-electron chi connectivity index (χ3n) is 4.86. The molecular weight excluding hydrogens is 262 g/mol.